The first-order chi connectivity index (χ1) is 6.85. The van der Waals surface area contributed by atoms with Gasteiger partial charge in [0.1, 0.15) is 0 Å². The summed E-state index contributed by atoms with van der Waals surface area (Å²) in [4.78, 5) is 2.57. The molecule has 0 radical (unpaired) electrons. The van der Waals surface area contributed by atoms with E-state index in [0.29, 0.717) is 5.41 Å². The van der Waals surface area contributed by atoms with Gasteiger partial charge in [-0.05, 0) is 30.4 Å². The van der Waals surface area contributed by atoms with Crippen LogP contribution in [0.3, 0.4) is 0 Å². The molecule has 2 rings (SSSR count). The van der Waals surface area contributed by atoms with Crippen LogP contribution in [-0.4, -0.2) is 43.5 Å². The van der Waals surface area contributed by atoms with Crippen molar-refractivity contribution < 1.29 is 4.74 Å². The van der Waals surface area contributed by atoms with E-state index in [0.717, 1.165) is 25.5 Å². The van der Waals surface area contributed by atoms with Gasteiger partial charge in [-0.2, -0.15) is 12.6 Å². The van der Waals surface area contributed by atoms with Gasteiger partial charge in [-0.1, -0.05) is 6.42 Å². The Morgan fingerprint density at radius 3 is 2.64 bits per heavy atom. The Kier molecular flexibility index (Phi) is 3.74. The van der Waals surface area contributed by atoms with E-state index in [4.69, 9.17) is 4.74 Å². The quantitative estimate of drug-likeness (QED) is 0.721. The molecule has 2 fully saturated rings. The summed E-state index contributed by atoms with van der Waals surface area (Å²) in [6, 6.07) is 0. The molecule has 0 bridgehead atoms. The molecule has 0 N–H and O–H groups in total. The molecule has 0 aromatic rings. The standard InChI is InChI=1S/C11H21NOS/c14-10-11(3-1-4-11)9-12-5-2-7-13-8-6-12/h14H,1-10H2. The van der Waals surface area contributed by atoms with Crippen LogP contribution in [0, 0.1) is 5.41 Å². The van der Waals surface area contributed by atoms with Gasteiger partial charge in [-0.3, -0.25) is 0 Å². The second kappa shape index (κ2) is 4.86. The summed E-state index contributed by atoms with van der Waals surface area (Å²) in [5.74, 6) is 1.06. The van der Waals surface area contributed by atoms with E-state index in [1.807, 2.05) is 0 Å². The molecule has 0 atom stereocenters. The molecule has 0 spiro atoms. The van der Waals surface area contributed by atoms with Gasteiger partial charge in [-0.25, -0.2) is 0 Å². The van der Waals surface area contributed by atoms with E-state index in [2.05, 4.69) is 17.5 Å². The summed E-state index contributed by atoms with van der Waals surface area (Å²) in [6.45, 7) is 5.46. The lowest BCUT2D eigenvalue weighted by molar-refractivity contribution is 0.0842. The Labute approximate surface area is 92.4 Å². The maximum absolute atomic E-state index is 5.46. The van der Waals surface area contributed by atoms with Crippen molar-refractivity contribution in [3.63, 3.8) is 0 Å². The van der Waals surface area contributed by atoms with Gasteiger partial charge in [0, 0.05) is 26.2 Å². The molecule has 0 aromatic heterocycles. The molecule has 2 aliphatic rings. The Bertz CT molecular complexity index is 169. The minimum Gasteiger partial charge on any atom is -0.380 e. The summed E-state index contributed by atoms with van der Waals surface area (Å²) < 4.78 is 5.46. The average molecular weight is 215 g/mol. The lowest BCUT2D eigenvalue weighted by Gasteiger charge is -2.44. The molecule has 0 unspecified atom stereocenters. The Balaban J connectivity index is 1.82. The third-order valence-electron chi connectivity index (χ3n) is 3.62. The smallest absolute Gasteiger partial charge is 0.0593 e. The highest BCUT2D eigenvalue weighted by Crippen LogP contribution is 2.42. The van der Waals surface area contributed by atoms with Crippen LogP contribution in [0.25, 0.3) is 0 Å². The highest BCUT2D eigenvalue weighted by atomic mass is 32.1. The van der Waals surface area contributed by atoms with Crippen molar-refractivity contribution in [2.24, 2.45) is 5.41 Å². The molecular formula is C11H21NOS. The topological polar surface area (TPSA) is 12.5 Å². The summed E-state index contributed by atoms with van der Waals surface area (Å²) >= 11 is 4.50. The number of hydrogen-bond donors (Lipinski definition) is 1. The van der Waals surface area contributed by atoms with Gasteiger partial charge in [0.05, 0.1) is 6.61 Å². The Hall–Kier alpha value is 0.270. The number of thiol groups is 1. The number of nitrogens with zero attached hydrogens (tertiary/aromatic N) is 1. The van der Waals surface area contributed by atoms with Gasteiger partial charge in [-0.15, -0.1) is 0 Å². The second-order valence-electron chi connectivity index (χ2n) is 4.75. The normalized spacial score (nSPS) is 28.1. The highest BCUT2D eigenvalue weighted by Gasteiger charge is 2.37. The number of ether oxygens (including phenoxy) is 1. The van der Waals surface area contributed by atoms with Crippen LogP contribution < -0.4 is 0 Å². The van der Waals surface area contributed by atoms with E-state index < -0.39 is 0 Å². The zero-order valence-corrected chi connectivity index (χ0v) is 9.77. The molecule has 14 heavy (non-hydrogen) atoms. The molecule has 1 saturated heterocycles. The first-order valence-corrected chi connectivity index (χ1v) is 6.39. The minimum absolute atomic E-state index is 0.549. The van der Waals surface area contributed by atoms with E-state index in [1.54, 1.807) is 0 Å². The third-order valence-corrected chi connectivity index (χ3v) is 4.29. The van der Waals surface area contributed by atoms with Crippen LogP contribution in [0.5, 0.6) is 0 Å². The zero-order valence-electron chi connectivity index (χ0n) is 8.87. The Morgan fingerprint density at radius 1 is 1.14 bits per heavy atom. The van der Waals surface area contributed by atoms with Crippen LogP contribution >= 0.6 is 12.6 Å². The fraction of sp³-hybridized carbons (Fsp3) is 1.00. The molecule has 0 amide bonds. The Morgan fingerprint density at radius 2 is 2.00 bits per heavy atom. The van der Waals surface area contributed by atoms with Crippen LogP contribution in [0.2, 0.25) is 0 Å². The average Bonchev–Trinajstić information content (AvgIpc) is 2.39. The summed E-state index contributed by atoms with van der Waals surface area (Å²) in [7, 11) is 0. The van der Waals surface area contributed by atoms with Crippen LogP contribution in [0.4, 0.5) is 0 Å². The van der Waals surface area contributed by atoms with E-state index in [-0.39, 0.29) is 0 Å². The second-order valence-corrected chi connectivity index (χ2v) is 5.07. The predicted molar refractivity (Wildman–Crippen MR) is 62.0 cm³/mol. The van der Waals surface area contributed by atoms with Crippen molar-refractivity contribution in [1.29, 1.82) is 0 Å². The van der Waals surface area contributed by atoms with Crippen molar-refractivity contribution in [2.75, 3.05) is 38.6 Å². The van der Waals surface area contributed by atoms with Crippen molar-refractivity contribution in [2.45, 2.75) is 25.7 Å². The van der Waals surface area contributed by atoms with Crippen molar-refractivity contribution in [3.8, 4) is 0 Å². The van der Waals surface area contributed by atoms with Crippen LogP contribution in [0.15, 0.2) is 0 Å². The fourth-order valence-electron chi connectivity index (χ4n) is 2.47. The zero-order chi connectivity index (χ0) is 9.86. The van der Waals surface area contributed by atoms with Crippen LogP contribution in [0.1, 0.15) is 25.7 Å². The summed E-state index contributed by atoms with van der Waals surface area (Å²) in [6.07, 6.45) is 5.37. The highest BCUT2D eigenvalue weighted by molar-refractivity contribution is 7.80. The SMILES string of the molecule is SCC1(CN2CCCOCC2)CCC1. The summed E-state index contributed by atoms with van der Waals surface area (Å²) in [5.41, 5.74) is 0.549. The molecule has 2 nitrogen and oxygen atoms in total. The van der Waals surface area contributed by atoms with Crippen molar-refractivity contribution >= 4 is 12.6 Å². The molecule has 1 aliphatic heterocycles. The van der Waals surface area contributed by atoms with Gasteiger partial charge in [0.25, 0.3) is 0 Å². The maximum atomic E-state index is 5.46. The molecule has 0 aromatic carbocycles. The van der Waals surface area contributed by atoms with Gasteiger partial charge >= 0.3 is 0 Å². The minimum atomic E-state index is 0.549. The predicted octanol–water partition coefficient (Wildman–Crippen LogP) is 1.81. The molecule has 3 heteroatoms. The van der Waals surface area contributed by atoms with Crippen molar-refractivity contribution in [3.05, 3.63) is 0 Å². The van der Waals surface area contributed by atoms with Crippen molar-refractivity contribution in [1.82, 2.24) is 4.90 Å². The van der Waals surface area contributed by atoms with E-state index in [1.165, 1.54) is 38.8 Å². The van der Waals surface area contributed by atoms with E-state index >= 15 is 0 Å². The molecule has 1 heterocycles. The monoisotopic (exact) mass is 215 g/mol. The van der Waals surface area contributed by atoms with E-state index in [9.17, 15) is 0 Å². The molecule has 1 saturated carbocycles. The van der Waals surface area contributed by atoms with Gasteiger partial charge in [0.2, 0.25) is 0 Å². The molecule has 1 aliphatic carbocycles. The lowest BCUT2D eigenvalue weighted by Crippen LogP contribution is -2.44. The first kappa shape index (κ1) is 10.8. The third kappa shape index (κ3) is 2.44. The largest absolute Gasteiger partial charge is 0.380 e. The molecular weight excluding hydrogens is 194 g/mol. The first-order valence-electron chi connectivity index (χ1n) is 5.76. The lowest BCUT2D eigenvalue weighted by atomic mass is 9.70. The number of hydrogen-bond acceptors (Lipinski definition) is 3. The van der Waals surface area contributed by atoms with Gasteiger partial charge in [0.15, 0.2) is 0 Å². The molecule has 82 valence electrons. The maximum Gasteiger partial charge on any atom is 0.0593 e. The fourth-order valence-corrected chi connectivity index (χ4v) is 2.89. The van der Waals surface area contributed by atoms with Gasteiger partial charge < -0.3 is 9.64 Å². The van der Waals surface area contributed by atoms with Crippen LogP contribution in [-0.2, 0) is 4.74 Å². The summed E-state index contributed by atoms with van der Waals surface area (Å²) in [5, 5.41) is 0. The number of rotatable bonds is 3.